The third kappa shape index (κ3) is 2.30. The van der Waals surface area contributed by atoms with E-state index in [2.05, 4.69) is 9.97 Å². The number of fused-ring (bicyclic) bond motifs is 2. The molecule has 3 aromatic heterocycles. The summed E-state index contributed by atoms with van der Waals surface area (Å²) in [7, 11) is 0. The molecule has 4 aromatic rings. The maximum Gasteiger partial charge on any atom is 0.269 e. The van der Waals surface area contributed by atoms with Gasteiger partial charge in [0.1, 0.15) is 21.8 Å². The molecule has 0 fully saturated rings. The molecule has 0 atom stereocenters. The smallest absolute Gasteiger partial charge is 0.269 e. The Kier molecular flexibility index (Phi) is 3.42. The van der Waals surface area contributed by atoms with E-state index in [1.807, 2.05) is 31.2 Å². The Morgan fingerprint density at radius 3 is 2.79 bits per heavy atom. The summed E-state index contributed by atoms with van der Waals surface area (Å²) in [6.07, 6.45) is 2.12. The van der Waals surface area contributed by atoms with Gasteiger partial charge in [0, 0.05) is 6.20 Å². The van der Waals surface area contributed by atoms with E-state index in [-0.39, 0.29) is 10.6 Å². The van der Waals surface area contributed by atoms with Gasteiger partial charge in [-0.25, -0.2) is 9.97 Å². The minimum absolute atomic E-state index is 0.00893. The molecular weight excluding hydrogens is 326 g/mol. The molecule has 0 bridgehead atoms. The fraction of sp³-hybridized carbons (Fsp3) is 0.0588. The lowest BCUT2D eigenvalue weighted by atomic mass is 10.3. The van der Waals surface area contributed by atoms with Crippen molar-refractivity contribution < 1.29 is 9.21 Å². The summed E-state index contributed by atoms with van der Waals surface area (Å²) in [5, 5.41) is 0.625. The number of aromatic nitrogens is 3. The van der Waals surface area contributed by atoms with Gasteiger partial charge in [-0.2, -0.15) is 0 Å². The normalized spacial score (nSPS) is 11.2. The molecule has 0 radical (unpaired) electrons. The number of aldehydes is 1. The van der Waals surface area contributed by atoms with Gasteiger partial charge in [-0.05, 0) is 42.4 Å². The number of nitrogens with zero attached hydrogens (tertiary/aromatic N) is 3. The second-order valence-electron chi connectivity index (χ2n) is 5.19. The molecule has 118 valence electrons. The minimum atomic E-state index is -0.405. The molecule has 6 nitrogen and oxygen atoms in total. The van der Waals surface area contributed by atoms with Crippen LogP contribution in [0.1, 0.15) is 15.9 Å². The van der Waals surface area contributed by atoms with Crippen molar-refractivity contribution in [1.82, 2.24) is 14.4 Å². The third-order valence-electron chi connectivity index (χ3n) is 3.63. The van der Waals surface area contributed by atoms with Gasteiger partial charge in [0.05, 0.1) is 0 Å². The Balaban J connectivity index is 1.90. The summed E-state index contributed by atoms with van der Waals surface area (Å²) in [6.45, 7) is 1.86. The van der Waals surface area contributed by atoms with Crippen LogP contribution in [0.3, 0.4) is 0 Å². The van der Waals surface area contributed by atoms with Crippen molar-refractivity contribution in [3.05, 3.63) is 64.1 Å². The molecule has 3 heterocycles. The zero-order valence-electron chi connectivity index (χ0n) is 12.6. The second-order valence-corrected chi connectivity index (χ2v) is 6.13. The second kappa shape index (κ2) is 5.61. The third-order valence-corrected chi connectivity index (χ3v) is 4.48. The number of rotatable bonds is 3. The van der Waals surface area contributed by atoms with Gasteiger partial charge in [-0.3, -0.25) is 14.0 Å². The average molecular weight is 337 g/mol. The van der Waals surface area contributed by atoms with Crippen molar-refractivity contribution in [3.63, 3.8) is 0 Å². The highest BCUT2D eigenvalue weighted by Gasteiger charge is 2.17. The van der Waals surface area contributed by atoms with Crippen molar-refractivity contribution >= 4 is 34.8 Å². The van der Waals surface area contributed by atoms with Gasteiger partial charge >= 0.3 is 0 Å². The van der Waals surface area contributed by atoms with E-state index in [1.165, 1.54) is 4.40 Å². The molecular formula is C17H11N3O3S. The predicted molar refractivity (Wildman–Crippen MR) is 89.7 cm³/mol. The molecule has 1 aromatic carbocycles. The number of carbonyl (C=O) groups is 1. The topological polar surface area (TPSA) is 77.5 Å². The van der Waals surface area contributed by atoms with Crippen LogP contribution in [0.4, 0.5) is 0 Å². The van der Waals surface area contributed by atoms with Gasteiger partial charge in [-0.1, -0.05) is 18.2 Å². The van der Waals surface area contributed by atoms with Crippen molar-refractivity contribution in [3.8, 4) is 0 Å². The lowest BCUT2D eigenvalue weighted by Gasteiger charge is -2.07. The van der Waals surface area contributed by atoms with E-state index in [0.29, 0.717) is 28.3 Å². The first-order chi connectivity index (χ1) is 11.7. The number of para-hydroxylation sites is 2. The summed E-state index contributed by atoms with van der Waals surface area (Å²) in [5.74, 6) is 0. The Morgan fingerprint density at radius 2 is 2.00 bits per heavy atom. The highest BCUT2D eigenvalue weighted by Crippen LogP contribution is 2.30. The minimum Gasteiger partial charge on any atom is -0.431 e. The Bertz CT molecular complexity index is 1110. The Hall–Kier alpha value is -2.93. The largest absolute Gasteiger partial charge is 0.431 e. The van der Waals surface area contributed by atoms with Gasteiger partial charge in [0.25, 0.3) is 10.8 Å². The standard InChI is InChI=1S/C17H11N3O3S/c1-10-5-4-8-20-14(10)19-15(11(9-21)16(20)22)24-17-18-12-6-2-3-7-13(12)23-17/h2-9H,1H3. The van der Waals surface area contributed by atoms with E-state index in [4.69, 9.17) is 4.42 Å². The highest BCUT2D eigenvalue weighted by atomic mass is 32.2. The monoisotopic (exact) mass is 337 g/mol. The van der Waals surface area contributed by atoms with Crippen LogP contribution in [-0.2, 0) is 0 Å². The molecule has 0 saturated heterocycles. The Morgan fingerprint density at radius 1 is 1.17 bits per heavy atom. The van der Waals surface area contributed by atoms with E-state index in [0.717, 1.165) is 17.3 Å². The zero-order valence-corrected chi connectivity index (χ0v) is 13.4. The summed E-state index contributed by atoms with van der Waals surface area (Å²) in [5.41, 5.74) is 2.28. The van der Waals surface area contributed by atoms with Gasteiger partial charge in [0.15, 0.2) is 11.9 Å². The number of aryl methyl sites for hydroxylation is 1. The van der Waals surface area contributed by atoms with Crippen molar-refractivity contribution in [2.24, 2.45) is 0 Å². The number of oxazole rings is 1. The summed E-state index contributed by atoms with van der Waals surface area (Å²) in [4.78, 5) is 32.8. The van der Waals surface area contributed by atoms with Gasteiger partial charge < -0.3 is 4.42 Å². The van der Waals surface area contributed by atoms with Crippen LogP contribution in [-0.4, -0.2) is 20.7 Å². The van der Waals surface area contributed by atoms with Crippen LogP contribution < -0.4 is 5.56 Å². The van der Waals surface area contributed by atoms with Crippen LogP contribution >= 0.6 is 11.8 Å². The van der Waals surface area contributed by atoms with Crippen LogP contribution in [0.25, 0.3) is 16.7 Å². The van der Waals surface area contributed by atoms with Gasteiger partial charge in [0.2, 0.25) is 0 Å². The summed E-state index contributed by atoms with van der Waals surface area (Å²) >= 11 is 1.07. The lowest BCUT2D eigenvalue weighted by Crippen LogP contribution is -2.21. The van der Waals surface area contributed by atoms with E-state index in [1.54, 1.807) is 18.3 Å². The predicted octanol–water partition coefficient (Wildman–Crippen LogP) is 3.11. The summed E-state index contributed by atoms with van der Waals surface area (Å²) < 4.78 is 7.01. The molecule has 0 aliphatic heterocycles. The average Bonchev–Trinajstić information content (AvgIpc) is 2.98. The molecule has 0 N–H and O–H groups in total. The lowest BCUT2D eigenvalue weighted by molar-refractivity contribution is 0.111. The fourth-order valence-corrected chi connectivity index (χ4v) is 3.27. The van der Waals surface area contributed by atoms with E-state index >= 15 is 0 Å². The molecule has 0 amide bonds. The number of pyridine rings is 1. The summed E-state index contributed by atoms with van der Waals surface area (Å²) in [6, 6.07) is 10.9. The SMILES string of the molecule is Cc1cccn2c(=O)c(C=O)c(Sc3nc4ccccc4o3)nc12. The Labute approximate surface area is 140 Å². The fourth-order valence-electron chi connectivity index (χ4n) is 2.45. The van der Waals surface area contributed by atoms with E-state index in [9.17, 15) is 9.59 Å². The maximum absolute atomic E-state index is 12.5. The highest BCUT2D eigenvalue weighted by molar-refractivity contribution is 7.99. The quantitative estimate of drug-likeness (QED) is 0.422. The molecule has 0 aliphatic rings. The number of hydrogen-bond acceptors (Lipinski definition) is 6. The molecule has 0 unspecified atom stereocenters. The first-order valence-corrected chi connectivity index (χ1v) is 7.99. The number of benzene rings is 1. The molecule has 7 heteroatoms. The number of hydrogen-bond donors (Lipinski definition) is 0. The van der Waals surface area contributed by atoms with Crippen molar-refractivity contribution in [2.75, 3.05) is 0 Å². The van der Waals surface area contributed by atoms with Crippen LogP contribution in [0.2, 0.25) is 0 Å². The van der Waals surface area contributed by atoms with Gasteiger partial charge in [-0.15, -0.1) is 0 Å². The molecule has 4 rings (SSSR count). The van der Waals surface area contributed by atoms with Crippen LogP contribution in [0, 0.1) is 6.92 Å². The molecule has 24 heavy (non-hydrogen) atoms. The van der Waals surface area contributed by atoms with Crippen LogP contribution in [0.5, 0.6) is 0 Å². The first kappa shape index (κ1) is 14.6. The van der Waals surface area contributed by atoms with E-state index < -0.39 is 5.56 Å². The van der Waals surface area contributed by atoms with Crippen LogP contribution in [0.15, 0.2) is 62.1 Å². The molecule has 0 saturated carbocycles. The maximum atomic E-state index is 12.5. The first-order valence-electron chi connectivity index (χ1n) is 7.18. The number of carbonyl (C=O) groups excluding carboxylic acids is 1. The van der Waals surface area contributed by atoms with Crippen molar-refractivity contribution in [1.29, 1.82) is 0 Å². The molecule has 0 spiro atoms. The van der Waals surface area contributed by atoms with Crippen molar-refractivity contribution in [2.45, 2.75) is 17.2 Å². The molecule has 0 aliphatic carbocycles. The zero-order chi connectivity index (χ0) is 16.7.